The van der Waals surface area contributed by atoms with Gasteiger partial charge < -0.3 is 24.2 Å². The zero-order valence-electron chi connectivity index (χ0n) is 17.2. The zero-order chi connectivity index (χ0) is 21.3. The summed E-state index contributed by atoms with van der Waals surface area (Å²) >= 11 is 0. The fourth-order valence-electron chi connectivity index (χ4n) is 3.70. The fourth-order valence-corrected chi connectivity index (χ4v) is 3.70. The summed E-state index contributed by atoms with van der Waals surface area (Å²) in [6.45, 7) is 3.63. The Morgan fingerprint density at radius 1 is 1.23 bits per heavy atom. The molecule has 0 amide bonds. The number of fused-ring (bicyclic) bond motifs is 1. The summed E-state index contributed by atoms with van der Waals surface area (Å²) in [5.41, 5.74) is -0.444. The lowest BCUT2D eigenvalue weighted by atomic mass is 10.3. The van der Waals surface area contributed by atoms with Gasteiger partial charge in [0.15, 0.2) is 11.2 Å². The quantitative estimate of drug-likeness (QED) is 0.438. The van der Waals surface area contributed by atoms with Crippen molar-refractivity contribution in [3.8, 4) is 5.75 Å². The van der Waals surface area contributed by atoms with E-state index in [1.807, 2.05) is 30.3 Å². The molecule has 3 aromatic rings. The molecule has 30 heavy (non-hydrogen) atoms. The number of nitrogens with one attached hydrogen (secondary N) is 2. The average molecular weight is 415 g/mol. The van der Waals surface area contributed by atoms with E-state index in [1.54, 1.807) is 11.6 Å². The molecule has 0 unspecified atom stereocenters. The Hall–Kier alpha value is -3.11. The van der Waals surface area contributed by atoms with Gasteiger partial charge in [0, 0.05) is 7.05 Å². The van der Waals surface area contributed by atoms with Crippen LogP contribution in [0.4, 0.5) is 5.95 Å². The number of benzene rings is 1. The van der Waals surface area contributed by atoms with Gasteiger partial charge in [0.25, 0.3) is 5.56 Å². The monoisotopic (exact) mass is 415 g/mol. The number of aliphatic hydroxyl groups excluding tert-OH is 1. The van der Waals surface area contributed by atoms with Gasteiger partial charge in [-0.05, 0) is 12.1 Å². The number of H-pyrrole nitrogens is 1. The number of imidazole rings is 1. The number of aryl methyl sites for hydroxylation is 1. The molecule has 0 aliphatic carbocycles. The number of aliphatic hydroxyl groups is 1. The van der Waals surface area contributed by atoms with E-state index in [-0.39, 0.29) is 18.7 Å². The molecule has 2 aromatic heterocycles. The lowest BCUT2D eigenvalue weighted by Gasteiger charge is -2.31. The molecule has 160 valence electrons. The van der Waals surface area contributed by atoms with E-state index in [0.29, 0.717) is 17.3 Å². The Bertz CT molecular complexity index is 1130. The molecule has 1 saturated heterocycles. The van der Waals surface area contributed by atoms with E-state index < -0.39 is 17.4 Å². The Balaban J connectivity index is 1.67. The van der Waals surface area contributed by atoms with Gasteiger partial charge >= 0.3 is 5.69 Å². The molecule has 1 atom stereocenters. The van der Waals surface area contributed by atoms with Gasteiger partial charge in [0.2, 0.25) is 5.95 Å². The average Bonchev–Trinajstić information content (AvgIpc) is 3.12. The predicted molar refractivity (Wildman–Crippen MR) is 112 cm³/mol. The van der Waals surface area contributed by atoms with Crippen LogP contribution in [0, 0.1) is 0 Å². The number of likely N-dealkylation sites (N-methyl/N-ethyl adjacent to an activating group) is 1. The molecule has 1 aliphatic heterocycles. The zero-order valence-corrected chi connectivity index (χ0v) is 17.2. The number of ether oxygens (including phenoxy) is 1. The number of piperazine rings is 1. The Morgan fingerprint density at radius 2 is 1.93 bits per heavy atom. The Kier molecular flexibility index (Phi) is 5.60. The minimum atomic E-state index is -0.865. The van der Waals surface area contributed by atoms with Crippen molar-refractivity contribution in [3.05, 3.63) is 51.2 Å². The maximum Gasteiger partial charge on any atom is 0.329 e. The van der Waals surface area contributed by atoms with E-state index in [9.17, 15) is 14.7 Å². The second-order valence-electron chi connectivity index (χ2n) is 7.73. The van der Waals surface area contributed by atoms with Crippen LogP contribution >= 0.6 is 0 Å². The van der Waals surface area contributed by atoms with Crippen molar-refractivity contribution < 1.29 is 14.7 Å². The first-order valence-electron chi connectivity index (χ1n) is 10.1. The van der Waals surface area contributed by atoms with Gasteiger partial charge in [-0.3, -0.25) is 14.3 Å². The molecule has 1 aromatic carbocycles. The third kappa shape index (κ3) is 3.96. The van der Waals surface area contributed by atoms with Crippen molar-refractivity contribution in [3.63, 3.8) is 0 Å². The summed E-state index contributed by atoms with van der Waals surface area (Å²) in [4.78, 5) is 35.1. The Morgan fingerprint density at radius 3 is 2.63 bits per heavy atom. The maximum absolute atomic E-state index is 12.6. The summed E-state index contributed by atoms with van der Waals surface area (Å²) in [5.74, 6) is 1.25. The van der Waals surface area contributed by atoms with Gasteiger partial charge in [-0.25, -0.2) is 4.79 Å². The molecule has 0 radical (unpaired) electrons. The van der Waals surface area contributed by atoms with Crippen molar-refractivity contribution in [2.75, 3.05) is 44.7 Å². The molecule has 1 fully saturated rings. The number of nitrogens with zero attached hydrogens (tertiary/aromatic N) is 4. The maximum atomic E-state index is 12.6. The molecular weight excluding hydrogens is 388 g/mol. The second-order valence-corrected chi connectivity index (χ2v) is 7.73. The molecule has 4 rings (SSSR count). The van der Waals surface area contributed by atoms with Crippen molar-refractivity contribution >= 4 is 17.1 Å². The summed E-state index contributed by atoms with van der Waals surface area (Å²) in [7, 11) is 3.71. The number of aromatic nitrogens is 4. The molecule has 1 aliphatic rings. The highest BCUT2D eigenvalue weighted by Crippen LogP contribution is 2.20. The SMILES string of the molecule is Cn1c(=O)[nH]c(=O)c2c1nc(N1CC[NH+](C)CC1)n2C[C@H](O)COc1ccccc1. The molecule has 10 nitrogen and oxygen atoms in total. The van der Waals surface area contributed by atoms with Crippen LogP contribution in [-0.4, -0.2) is 70.1 Å². The smallest absolute Gasteiger partial charge is 0.329 e. The predicted octanol–water partition coefficient (Wildman–Crippen LogP) is -1.80. The standard InChI is InChI=1S/C20H26N6O4/c1-23-8-10-25(11-9-23)19-21-17-16(18(28)22-20(29)24(17)2)26(19)12-14(27)13-30-15-6-4-3-5-7-15/h3-7,14,27H,8-13H2,1-2H3,(H,22,28,29)/p+1/t14-/m0/s1. The van der Waals surface area contributed by atoms with Gasteiger partial charge in [-0.1, -0.05) is 18.2 Å². The van der Waals surface area contributed by atoms with E-state index in [0.717, 1.165) is 26.2 Å². The third-order valence-corrected chi connectivity index (χ3v) is 5.47. The number of hydrogen-bond donors (Lipinski definition) is 3. The third-order valence-electron chi connectivity index (χ3n) is 5.47. The first kappa shape index (κ1) is 20.2. The summed E-state index contributed by atoms with van der Waals surface area (Å²) in [6.07, 6.45) is -0.865. The Labute approximate surface area is 172 Å². The number of rotatable bonds is 6. The van der Waals surface area contributed by atoms with E-state index in [2.05, 4.69) is 21.9 Å². The van der Waals surface area contributed by atoms with Crippen molar-refractivity contribution in [2.24, 2.45) is 7.05 Å². The van der Waals surface area contributed by atoms with E-state index in [4.69, 9.17) is 4.74 Å². The highest BCUT2D eigenvalue weighted by Gasteiger charge is 2.26. The summed E-state index contributed by atoms with van der Waals surface area (Å²) < 4.78 is 8.69. The van der Waals surface area contributed by atoms with Gasteiger partial charge in [-0.15, -0.1) is 0 Å². The molecular formula is C20H27N6O4+. The lowest BCUT2D eigenvalue weighted by molar-refractivity contribution is -0.880. The number of para-hydroxylation sites is 1. The van der Waals surface area contributed by atoms with Crippen molar-refractivity contribution in [1.82, 2.24) is 19.1 Å². The molecule has 0 spiro atoms. The molecule has 10 heteroatoms. The highest BCUT2D eigenvalue weighted by atomic mass is 16.5. The summed E-state index contributed by atoms with van der Waals surface area (Å²) in [5, 5.41) is 10.6. The largest absolute Gasteiger partial charge is 0.491 e. The number of quaternary nitrogens is 1. The number of aromatic amines is 1. The van der Waals surface area contributed by atoms with Crippen LogP contribution in [0.5, 0.6) is 5.75 Å². The fraction of sp³-hybridized carbons (Fsp3) is 0.450. The van der Waals surface area contributed by atoms with E-state index >= 15 is 0 Å². The van der Waals surface area contributed by atoms with Gasteiger partial charge in [0.05, 0.1) is 39.8 Å². The van der Waals surface area contributed by atoms with Crippen LogP contribution in [0.2, 0.25) is 0 Å². The van der Waals surface area contributed by atoms with Crippen molar-refractivity contribution in [1.29, 1.82) is 0 Å². The van der Waals surface area contributed by atoms with Crippen LogP contribution in [0.25, 0.3) is 11.2 Å². The highest BCUT2D eigenvalue weighted by molar-refractivity contribution is 5.74. The first-order valence-corrected chi connectivity index (χ1v) is 10.1. The van der Waals surface area contributed by atoms with Crippen LogP contribution in [0.15, 0.2) is 39.9 Å². The normalized spacial score (nSPS) is 16.2. The van der Waals surface area contributed by atoms with Crippen LogP contribution < -0.4 is 25.8 Å². The molecule has 0 bridgehead atoms. The minimum absolute atomic E-state index is 0.0691. The molecule has 0 saturated carbocycles. The lowest BCUT2D eigenvalue weighted by Crippen LogP contribution is -3.12. The van der Waals surface area contributed by atoms with Gasteiger partial charge in [-0.2, -0.15) is 4.98 Å². The topological polar surface area (TPSA) is 110 Å². The van der Waals surface area contributed by atoms with Crippen LogP contribution in [0.3, 0.4) is 0 Å². The van der Waals surface area contributed by atoms with E-state index in [1.165, 1.54) is 9.47 Å². The number of hydrogen-bond acceptors (Lipinski definition) is 6. The minimum Gasteiger partial charge on any atom is -0.491 e. The van der Waals surface area contributed by atoms with Crippen LogP contribution in [0.1, 0.15) is 0 Å². The summed E-state index contributed by atoms with van der Waals surface area (Å²) in [6, 6.07) is 9.24. The number of anilines is 1. The molecule has 3 N–H and O–H groups in total. The molecule has 3 heterocycles. The second kappa shape index (κ2) is 8.33. The van der Waals surface area contributed by atoms with Crippen molar-refractivity contribution in [2.45, 2.75) is 12.6 Å². The van der Waals surface area contributed by atoms with Crippen LogP contribution in [-0.2, 0) is 13.6 Å². The first-order chi connectivity index (χ1) is 14.4. The van der Waals surface area contributed by atoms with Gasteiger partial charge in [0.1, 0.15) is 18.5 Å².